The SMILES string of the molecule is CCCCCCCC(=O)N=Nc1c(O)n(CCC(C)C)c2ccc(OC)cc12. The lowest BCUT2D eigenvalue weighted by Gasteiger charge is -2.09. The summed E-state index contributed by atoms with van der Waals surface area (Å²) in [6, 6.07) is 5.59. The monoisotopic (exact) mass is 387 g/mol. The maximum absolute atomic E-state index is 12.1. The highest BCUT2D eigenvalue weighted by Gasteiger charge is 2.18. The normalized spacial score (nSPS) is 11.8. The van der Waals surface area contributed by atoms with Crippen LogP contribution in [-0.2, 0) is 11.3 Å². The highest BCUT2D eigenvalue weighted by atomic mass is 16.5. The van der Waals surface area contributed by atoms with Gasteiger partial charge in [-0.2, -0.15) is 0 Å². The van der Waals surface area contributed by atoms with E-state index in [-0.39, 0.29) is 11.8 Å². The summed E-state index contributed by atoms with van der Waals surface area (Å²) in [4.78, 5) is 12.1. The number of benzene rings is 1. The van der Waals surface area contributed by atoms with Gasteiger partial charge in [-0.25, -0.2) is 0 Å². The van der Waals surface area contributed by atoms with Crippen molar-refractivity contribution in [1.82, 2.24) is 4.57 Å². The number of carbonyl (C=O) groups excluding carboxylic acids is 1. The molecule has 6 heteroatoms. The minimum Gasteiger partial charge on any atom is -0.497 e. The van der Waals surface area contributed by atoms with Crippen LogP contribution in [0.1, 0.15) is 65.7 Å². The van der Waals surface area contributed by atoms with Gasteiger partial charge in [-0.3, -0.25) is 4.79 Å². The van der Waals surface area contributed by atoms with Crippen molar-refractivity contribution < 1.29 is 14.6 Å². The first-order chi connectivity index (χ1) is 13.5. The third-order valence-corrected chi connectivity index (χ3v) is 4.90. The van der Waals surface area contributed by atoms with Crippen LogP contribution in [-0.4, -0.2) is 22.7 Å². The number of carbonyl (C=O) groups is 1. The van der Waals surface area contributed by atoms with Crippen LogP contribution in [0.25, 0.3) is 10.9 Å². The van der Waals surface area contributed by atoms with Crippen molar-refractivity contribution in [3.8, 4) is 11.6 Å². The Morgan fingerprint density at radius 2 is 1.96 bits per heavy atom. The van der Waals surface area contributed by atoms with E-state index in [9.17, 15) is 9.90 Å². The molecule has 1 amide bonds. The van der Waals surface area contributed by atoms with Crippen LogP contribution in [0.15, 0.2) is 28.4 Å². The van der Waals surface area contributed by atoms with Crippen LogP contribution in [0.4, 0.5) is 5.69 Å². The van der Waals surface area contributed by atoms with Gasteiger partial charge < -0.3 is 14.4 Å². The molecule has 0 radical (unpaired) electrons. The van der Waals surface area contributed by atoms with Gasteiger partial charge in [0.05, 0.1) is 12.6 Å². The lowest BCUT2D eigenvalue weighted by atomic mass is 10.1. The predicted octanol–water partition coefficient (Wildman–Crippen LogP) is 6.37. The van der Waals surface area contributed by atoms with E-state index in [2.05, 4.69) is 31.0 Å². The molecule has 2 aromatic rings. The zero-order valence-electron chi connectivity index (χ0n) is 17.6. The van der Waals surface area contributed by atoms with Gasteiger partial charge in [-0.05, 0) is 37.0 Å². The van der Waals surface area contributed by atoms with Gasteiger partial charge in [-0.1, -0.05) is 46.5 Å². The summed E-state index contributed by atoms with van der Waals surface area (Å²) in [6.45, 7) is 7.13. The summed E-state index contributed by atoms with van der Waals surface area (Å²) in [5.74, 6) is 0.979. The topological polar surface area (TPSA) is 76.2 Å². The highest BCUT2D eigenvalue weighted by molar-refractivity contribution is 5.96. The molecular weight excluding hydrogens is 354 g/mol. The molecule has 28 heavy (non-hydrogen) atoms. The molecule has 1 heterocycles. The van der Waals surface area contributed by atoms with E-state index >= 15 is 0 Å². The Morgan fingerprint density at radius 3 is 2.64 bits per heavy atom. The maximum atomic E-state index is 12.1. The summed E-state index contributed by atoms with van der Waals surface area (Å²) in [6.07, 6.45) is 6.70. The van der Waals surface area contributed by atoms with Gasteiger partial charge in [0.2, 0.25) is 5.88 Å². The van der Waals surface area contributed by atoms with Crippen LogP contribution in [0.3, 0.4) is 0 Å². The number of ether oxygens (including phenoxy) is 1. The van der Waals surface area contributed by atoms with Crippen LogP contribution in [0.2, 0.25) is 0 Å². The smallest absolute Gasteiger partial charge is 0.264 e. The number of fused-ring (bicyclic) bond motifs is 1. The Kier molecular flexibility index (Phi) is 8.48. The van der Waals surface area contributed by atoms with Crippen molar-refractivity contribution in [2.75, 3.05) is 7.11 Å². The third kappa shape index (κ3) is 5.81. The van der Waals surface area contributed by atoms with E-state index in [1.165, 1.54) is 12.8 Å². The molecule has 0 aliphatic rings. The van der Waals surface area contributed by atoms with Crippen LogP contribution >= 0.6 is 0 Å². The standard InChI is InChI=1S/C22H33N3O3/c1-5-6-7-8-9-10-20(26)23-24-21-18-15-17(28-4)11-12-19(18)25(22(21)27)14-13-16(2)3/h11-12,15-16,27H,5-10,13-14H2,1-4H3. The molecule has 0 aliphatic heterocycles. The number of hydrogen-bond donors (Lipinski definition) is 1. The molecule has 0 unspecified atom stereocenters. The van der Waals surface area contributed by atoms with Crippen LogP contribution in [0, 0.1) is 5.92 Å². The first kappa shape index (κ1) is 21.9. The van der Waals surface area contributed by atoms with Gasteiger partial charge in [-0.15, -0.1) is 10.2 Å². The zero-order chi connectivity index (χ0) is 20.5. The maximum Gasteiger partial charge on any atom is 0.264 e. The number of aromatic hydroxyl groups is 1. The fourth-order valence-electron chi connectivity index (χ4n) is 3.18. The number of azo groups is 1. The second-order valence-electron chi connectivity index (χ2n) is 7.65. The fraction of sp³-hybridized carbons (Fsp3) is 0.591. The predicted molar refractivity (Wildman–Crippen MR) is 113 cm³/mol. The Bertz CT molecular complexity index is 809. The Balaban J connectivity index is 2.21. The molecule has 0 saturated heterocycles. The average molecular weight is 388 g/mol. The van der Waals surface area contributed by atoms with Crippen LogP contribution < -0.4 is 4.74 Å². The summed E-state index contributed by atoms with van der Waals surface area (Å²) >= 11 is 0. The molecule has 0 bridgehead atoms. The largest absolute Gasteiger partial charge is 0.497 e. The number of hydrogen-bond acceptors (Lipinski definition) is 4. The highest BCUT2D eigenvalue weighted by Crippen LogP contribution is 2.40. The van der Waals surface area contributed by atoms with Crippen molar-refractivity contribution in [3.05, 3.63) is 18.2 Å². The molecular formula is C22H33N3O3. The molecule has 0 atom stereocenters. The quantitative estimate of drug-likeness (QED) is 0.359. The van der Waals surface area contributed by atoms with Crippen LogP contribution in [0.5, 0.6) is 11.6 Å². The molecule has 154 valence electrons. The Labute approximate surface area is 167 Å². The van der Waals surface area contributed by atoms with Crippen molar-refractivity contribution in [1.29, 1.82) is 0 Å². The Morgan fingerprint density at radius 1 is 1.21 bits per heavy atom. The summed E-state index contributed by atoms with van der Waals surface area (Å²) in [7, 11) is 1.60. The number of nitrogens with zero attached hydrogens (tertiary/aromatic N) is 3. The second kappa shape index (κ2) is 10.8. The molecule has 6 nitrogen and oxygen atoms in total. The number of methoxy groups -OCH3 is 1. The van der Waals surface area contributed by atoms with Gasteiger partial charge >= 0.3 is 0 Å². The lowest BCUT2D eigenvalue weighted by molar-refractivity contribution is -0.118. The summed E-state index contributed by atoms with van der Waals surface area (Å²) in [5.41, 5.74) is 1.19. The molecule has 1 aromatic carbocycles. The molecule has 2 rings (SSSR count). The average Bonchev–Trinajstić information content (AvgIpc) is 2.94. The molecule has 0 saturated carbocycles. The number of rotatable bonds is 11. The van der Waals surface area contributed by atoms with E-state index in [4.69, 9.17) is 4.74 Å². The first-order valence-electron chi connectivity index (χ1n) is 10.3. The number of unbranched alkanes of at least 4 members (excludes halogenated alkanes) is 4. The molecule has 0 spiro atoms. The molecule has 1 N–H and O–H groups in total. The first-order valence-corrected chi connectivity index (χ1v) is 10.3. The number of aromatic nitrogens is 1. The second-order valence-corrected chi connectivity index (χ2v) is 7.65. The Hall–Kier alpha value is -2.37. The van der Waals surface area contributed by atoms with E-state index < -0.39 is 0 Å². The minimum atomic E-state index is -0.248. The van der Waals surface area contributed by atoms with E-state index in [1.54, 1.807) is 7.11 Å². The van der Waals surface area contributed by atoms with E-state index in [0.29, 0.717) is 30.3 Å². The van der Waals surface area contributed by atoms with E-state index in [1.807, 2.05) is 22.8 Å². The van der Waals surface area contributed by atoms with Crippen molar-refractivity contribution in [3.63, 3.8) is 0 Å². The van der Waals surface area contributed by atoms with Gasteiger partial charge in [0.25, 0.3) is 5.91 Å². The minimum absolute atomic E-state index is 0.0448. The number of amides is 1. The van der Waals surface area contributed by atoms with Crippen molar-refractivity contribution in [2.24, 2.45) is 16.1 Å². The summed E-state index contributed by atoms with van der Waals surface area (Å²) in [5, 5.41) is 19.4. The van der Waals surface area contributed by atoms with Gasteiger partial charge in [0, 0.05) is 18.4 Å². The molecule has 1 aromatic heterocycles. The van der Waals surface area contributed by atoms with Gasteiger partial charge in [0.15, 0.2) is 5.69 Å². The number of aryl methyl sites for hydroxylation is 1. The molecule has 0 aliphatic carbocycles. The zero-order valence-corrected chi connectivity index (χ0v) is 17.6. The lowest BCUT2D eigenvalue weighted by Crippen LogP contribution is -2.00. The summed E-state index contributed by atoms with van der Waals surface area (Å²) < 4.78 is 7.14. The van der Waals surface area contributed by atoms with Gasteiger partial charge in [0.1, 0.15) is 5.75 Å². The fourth-order valence-corrected chi connectivity index (χ4v) is 3.18. The van der Waals surface area contributed by atoms with Crippen molar-refractivity contribution in [2.45, 2.75) is 72.3 Å². The van der Waals surface area contributed by atoms with Crippen molar-refractivity contribution >= 4 is 22.5 Å². The third-order valence-electron chi connectivity index (χ3n) is 4.90. The molecule has 0 fully saturated rings. The van der Waals surface area contributed by atoms with E-state index in [0.717, 1.165) is 36.6 Å².